The number of carbonyl (C=O) groups is 2. The van der Waals surface area contributed by atoms with E-state index < -0.39 is 23.4 Å². The molecule has 0 radical (unpaired) electrons. The zero-order chi connectivity index (χ0) is 24.3. The highest BCUT2D eigenvalue weighted by atomic mass is 32.2. The molecule has 1 aromatic carbocycles. The Hall–Kier alpha value is -3.49. The minimum atomic E-state index is -1.24. The third-order valence-corrected chi connectivity index (χ3v) is 6.95. The predicted octanol–water partition coefficient (Wildman–Crippen LogP) is 3.73. The van der Waals surface area contributed by atoms with Gasteiger partial charge in [0.2, 0.25) is 0 Å². The molecule has 2 aromatic rings. The fraction of sp³-hybridized carbons (Fsp3) is 0.348. The number of amidine groups is 1. The molecule has 9 nitrogen and oxygen atoms in total. The van der Waals surface area contributed by atoms with E-state index >= 15 is 4.39 Å². The van der Waals surface area contributed by atoms with Crippen LogP contribution in [0.2, 0.25) is 0 Å². The highest BCUT2D eigenvalue weighted by Gasteiger charge is 2.52. The number of hydrogen-bond acceptors (Lipinski definition) is 7. The van der Waals surface area contributed by atoms with Crippen LogP contribution in [0.3, 0.4) is 0 Å². The summed E-state index contributed by atoms with van der Waals surface area (Å²) in [6, 6.07) is 9.10. The molecule has 4 rings (SSSR count). The highest BCUT2D eigenvalue weighted by molar-refractivity contribution is 8.13. The van der Waals surface area contributed by atoms with Gasteiger partial charge in [-0.1, -0.05) is 11.8 Å². The van der Waals surface area contributed by atoms with Crippen molar-refractivity contribution in [1.82, 2.24) is 10.3 Å². The van der Waals surface area contributed by atoms with Gasteiger partial charge in [-0.3, -0.25) is 15.1 Å². The normalized spacial score (nSPS) is 23.4. The van der Waals surface area contributed by atoms with E-state index in [0.29, 0.717) is 36.5 Å². The molecular formula is C23H22FN5O4S. The van der Waals surface area contributed by atoms with Crippen molar-refractivity contribution in [2.24, 2.45) is 10.9 Å². The van der Waals surface area contributed by atoms with Crippen LogP contribution in [0.15, 0.2) is 41.5 Å². The van der Waals surface area contributed by atoms with Crippen molar-refractivity contribution in [3.63, 3.8) is 0 Å². The summed E-state index contributed by atoms with van der Waals surface area (Å²) < 4.78 is 21.1. The minimum absolute atomic E-state index is 0.0750. The lowest BCUT2D eigenvalue weighted by Gasteiger charge is -2.36. The lowest BCUT2D eigenvalue weighted by atomic mass is 9.81. The predicted molar refractivity (Wildman–Crippen MR) is 124 cm³/mol. The maximum atomic E-state index is 15.2. The average Bonchev–Trinajstić information content (AvgIpc) is 3.18. The van der Waals surface area contributed by atoms with Crippen LogP contribution < -0.4 is 10.6 Å². The van der Waals surface area contributed by atoms with Crippen molar-refractivity contribution in [2.75, 3.05) is 17.7 Å². The number of thioether (sulfide) groups is 1. The number of carboxylic acid groups (broad SMARTS) is 1. The quantitative estimate of drug-likeness (QED) is 0.589. The second-order valence-electron chi connectivity index (χ2n) is 7.99. The molecule has 34 heavy (non-hydrogen) atoms. The van der Waals surface area contributed by atoms with Gasteiger partial charge in [-0.05, 0) is 43.7 Å². The molecule has 1 aliphatic carbocycles. The Bertz CT molecular complexity index is 1180. The lowest BCUT2D eigenvalue weighted by Crippen LogP contribution is -2.40. The molecule has 0 spiro atoms. The zero-order valence-electron chi connectivity index (χ0n) is 18.2. The van der Waals surface area contributed by atoms with Gasteiger partial charge in [0.05, 0.1) is 17.2 Å². The van der Waals surface area contributed by atoms with Gasteiger partial charge in [-0.15, -0.1) is 0 Å². The number of nitrogens with one attached hydrogen (secondary N) is 2. The molecule has 0 unspecified atom stereocenters. The van der Waals surface area contributed by atoms with Crippen molar-refractivity contribution in [3.05, 3.63) is 59.2 Å². The van der Waals surface area contributed by atoms with Crippen LogP contribution in [0.4, 0.5) is 14.9 Å². The van der Waals surface area contributed by atoms with E-state index in [1.807, 2.05) is 13.0 Å². The van der Waals surface area contributed by atoms with Gasteiger partial charge in [-0.25, -0.2) is 14.2 Å². The van der Waals surface area contributed by atoms with Crippen molar-refractivity contribution in [2.45, 2.75) is 31.4 Å². The second-order valence-corrected chi connectivity index (χ2v) is 9.00. The number of anilines is 1. The molecule has 2 aliphatic rings. The van der Waals surface area contributed by atoms with E-state index in [1.54, 1.807) is 0 Å². The lowest BCUT2D eigenvalue weighted by molar-refractivity contribution is 0.0629. The number of carbonyl (C=O) groups excluding carboxylic acids is 1. The standard InChI is InChI=1S/C23H22FN5O4S/c1-2-33-16-7-14-12-34-21(28-22(31)32)29-23(14,9-16)17-8-15(4-5-18(17)24)27-20(30)19-6-3-13(10-25)11-26-19/h3-6,8,11,14,16H,2,7,9,12H2,1H3,(H,27,30)(H,28,29)(H,31,32)/t14-,16-,23-/m0/s1. The Morgan fingerprint density at radius 2 is 2.18 bits per heavy atom. The summed E-state index contributed by atoms with van der Waals surface area (Å²) in [6.07, 6.45) is 0.963. The number of hydrogen-bond donors (Lipinski definition) is 3. The zero-order valence-corrected chi connectivity index (χ0v) is 19.1. The first-order chi connectivity index (χ1) is 16.3. The van der Waals surface area contributed by atoms with Crippen LogP contribution in [-0.2, 0) is 10.3 Å². The van der Waals surface area contributed by atoms with E-state index in [4.69, 9.17) is 15.1 Å². The Kier molecular flexibility index (Phi) is 6.81. The SMILES string of the molecule is CCO[C@H]1C[C@H]2CSC(NC(=O)O)=N[C@@]2(c2cc(NC(=O)c3ccc(C#N)cn3)ccc2F)C1. The second kappa shape index (κ2) is 9.79. The highest BCUT2D eigenvalue weighted by Crippen LogP contribution is 2.52. The van der Waals surface area contributed by atoms with Gasteiger partial charge in [0.1, 0.15) is 17.6 Å². The molecule has 2 heterocycles. The van der Waals surface area contributed by atoms with Gasteiger partial charge in [-0.2, -0.15) is 5.26 Å². The largest absolute Gasteiger partial charge is 0.465 e. The number of amides is 2. The number of rotatable bonds is 5. The average molecular weight is 484 g/mol. The van der Waals surface area contributed by atoms with E-state index in [2.05, 4.69) is 20.6 Å². The van der Waals surface area contributed by atoms with Crippen LogP contribution in [0.25, 0.3) is 0 Å². The number of pyridine rings is 1. The van der Waals surface area contributed by atoms with Gasteiger partial charge in [0, 0.05) is 42.1 Å². The maximum absolute atomic E-state index is 15.2. The number of aromatic nitrogens is 1. The summed E-state index contributed by atoms with van der Waals surface area (Å²) >= 11 is 1.28. The molecule has 1 aliphatic heterocycles. The summed E-state index contributed by atoms with van der Waals surface area (Å²) in [5.74, 6) is -0.532. The molecule has 0 bridgehead atoms. The van der Waals surface area contributed by atoms with E-state index in [9.17, 15) is 9.59 Å². The number of ether oxygens (including phenoxy) is 1. The van der Waals surface area contributed by atoms with Crippen molar-refractivity contribution in [3.8, 4) is 6.07 Å². The van der Waals surface area contributed by atoms with Crippen molar-refractivity contribution in [1.29, 1.82) is 5.26 Å². The van der Waals surface area contributed by atoms with Gasteiger partial charge >= 0.3 is 6.09 Å². The van der Waals surface area contributed by atoms with Crippen molar-refractivity contribution < 1.29 is 23.8 Å². The topological polar surface area (TPSA) is 137 Å². The van der Waals surface area contributed by atoms with Crippen LogP contribution in [0, 0.1) is 23.1 Å². The van der Waals surface area contributed by atoms with Gasteiger partial charge in [0.25, 0.3) is 5.91 Å². The van der Waals surface area contributed by atoms with Crippen LogP contribution in [0.1, 0.15) is 41.4 Å². The Morgan fingerprint density at radius 3 is 2.85 bits per heavy atom. The first-order valence-corrected chi connectivity index (χ1v) is 11.6. The first-order valence-electron chi connectivity index (χ1n) is 10.7. The summed E-state index contributed by atoms with van der Waals surface area (Å²) in [7, 11) is 0. The van der Waals surface area contributed by atoms with Gasteiger partial charge in [0.15, 0.2) is 5.17 Å². The Labute approximate surface area is 199 Å². The molecule has 3 N–H and O–H groups in total. The van der Waals surface area contributed by atoms with E-state index in [0.717, 1.165) is 0 Å². The Morgan fingerprint density at radius 1 is 1.35 bits per heavy atom. The minimum Gasteiger partial charge on any atom is -0.465 e. The maximum Gasteiger partial charge on any atom is 0.410 e. The number of halogens is 1. The number of nitriles is 1. The molecule has 176 valence electrons. The summed E-state index contributed by atoms with van der Waals surface area (Å²) in [6.45, 7) is 2.39. The van der Waals surface area contributed by atoms with E-state index in [1.165, 1.54) is 48.3 Å². The van der Waals surface area contributed by atoms with Gasteiger partial charge < -0.3 is 15.2 Å². The van der Waals surface area contributed by atoms with Crippen LogP contribution >= 0.6 is 11.8 Å². The summed E-state index contributed by atoms with van der Waals surface area (Å²) in [5.41, 5.74) is 0.0327. The third kappa shape index (κ3) is 4.73. The molecule has 1 aromatic heterocycles. The molecule has 1 fully saturated rings. The first kappa shape index (κ1) is 23.7. The van der Waals surface area contributed by atoms with Crippen LogP contribution in [0.5, 0.6) is 0 Å². The smallest absolute Gasteiger partial charge is 0.410 e. The fourth-order valence-corrected chi connectivity index (χ4v) is 5.64. The molecule has 0 saturated heterocycles. The molecule has 11 heteroatoms. The molecule has 3 atom stereocenters. The van der Waals surface area contributed by atoms with Crippen LogP contribution in [-0.4, -0.2) is 45.7 Å². The number of fused-ring (bicyclic) bond motifs is 1. The van der Waals surface area contributed by atoms with E-state index in [-0.39, 0.29) is 28.4 Å². The number of benzene rings is 1. The summed E-state index contributed by atoms with van der Waals surface area (Å²) in [4.78, 5) is 32.5. The molecule has 1 saturated carbocycles. The molecule has 2 amide bonds. The fourth-order valence-electron chi connectivity index (χ4n) is 4.48. The number of aliphatic imine (C=N–C) groups is 1. The monoisotopic (exact) mass is 483 g/mol. The summed E-state index contributed by atoms with van der Waals surface area (Å²) in [5, 5.41) is 23.3. The Balaban J connectivity index is 1.69. The third-order valence-electron chi connectivity index (χ3n) is 5.92. The molecular weight excluding hydrogens is 461 g/mol. The van der Waals surface area contributed by atoms with Crippen molar-refractivity contribution >= 4 is 34.6 Å². The number of nitrogens with zero attached hydrogens (tertiary/aromatic N) is 3.